The van der Waals surface area contributed by atoms with E-state index in [9.17, 15) is 4.79 Å². The molecule has 0 saturated carbocycles. The second-order valence-electron chi connectivity index (χ2n) is 4.90. The average Bonchev–Trinajstić information content (AvgIpc) is 2.57. The number of piperazine rings is 1. The molecule has 21 heavy (non-hydrogen) atoms. The number of aromatic nitrogens is 1. The van der Waals surface area contributed by atoms with Crippen LogP contribution in [-0.4, -0.2) is 42.1 Å². The van der Waals surface area contributed by atoms with Crippen LogP contribution in [0.4, 0.5) is 16.2 Å². The van der Waals surface area contributed by atoms with Crippen LogP contribution in [0.5, 0.6) is 0 Å². The van der Waals surface area contributed by atoms with Gasteiger partial charge >= 0.3 is 6.03 Å². The largest absolute Gasteiger partial charge is 0.368 e. The van der Waals surface area contributed by atoms with Crippen molar-refractivity contribution in [2.45, 2.75) is 0 Å². The van der Waals surface area contributed by atoms with Crippen LogP contribution in [0, 0.1) is 6.07 Å². The first-order chi connectivity index (χ1) is 10.3. The van der Waals surface area contributed by atoms with Gasteiger partial charge in [-0.15, -0.1) is 0 Å². The molecule has 3 rings (SSSR count). The van der Waals surface area contributed by atoms with E-state index in [1.807, 2.05) is 35.2 Å². The number of carbonyl (C=O) groups is 1. The normalized spacial score (nSPS) is 14.9. The van der Waals surface area contributed by atoms with Crippen LogP contribution in [0.1, 0.15) is 0 Å². The monoisotopic (exact) mass is 281 g/mol. The summed E-state index contributed by atoms with van der Waals surface area (Å²) >= 11 is 0. The number of rotatable bonds is 2. The van der Waals surface area contributed by atoms with E-state index in [0.717, 1.165) is 24.5 Å². The molecule has 5 heteroatoms. The molecule has 0 bridgehead atoms. The second kappa shape index (κ2) is 6.26. The Morgan fingerprint density at radius 1 is 1.14 bits per heavy atom. The van der Waals surface area contributed by atoms with Crippen LogP contribution in [-0.2, 0) is 0 Å². The van der Waals surface area contributed by atoms with Crippen LogP contribution < -0.4 is 10.2 Å². The standard InChI is InChI=1S/C16H17N4O/c21-16(18-14-4-2-1-3-5-14)20-12-10-19(11-13-20)15-6-8-17-9-7-15/h1-2,4-9H,10-13H2,(H,18,21). The van der Waals surface area contributed by atoms with Crippen molar-refractivity contribution in [3.05, 3.63) is 54.9 Å². The Morgan fingerprint density at radius 2 is 1.90 bits per heavy atom. The van der Waals surface area contributed by atoms with Gasteiger partial charge in [-0.1, -0.05) is 12.1 Å². The highest BCUT2D eigenvalue weighted by Gasteiger charge is 2.21. The number of hydrogen-bond acceptors (Lipinski definition) is 3. The molecule has 0 spiro atoms. The van der Waals surface area contributed by atoms with Gasteiger partial charge in [-0.3, -0.25) is 4.98 Å². The molecule has 1 N–H and O–H groups in total. The van der Waals surface area contributed by atoms with Gasteiger partial charge in [-0.05, 0) is 30.3 Å². The summed E-state index contributed by atoms with van der Waals surface area (Å²) in [6.07, 6.45) is 3.58. The molecular weight excluding hydrogens is 264 g/mol. The molecule has 0 unspecified atom stereocenters. The van der Waals surface area contributed by atoms with Crippen LogP contribution in [0.3, 0.4) is 0 Å². The highest BCUT2D eigenvalue weighted by Crippen LogP contribution is 2.15. The molecule has 1 radical (unpaired) electrons. The fraction of sp³-hybridized carbons (Fsp3) is 0.250. The minimum atomic E-state index is -0.0519. The van der Waals surface area contributed by atoms with Crippen molar-refractivity contribution in [3.8, 4) is 0 Å². The van der Waals surface area contributed by atoms with Gasteiger partial charge in [0.2, 0.25) is 0 Å². The molecule has 1 aromatic heterocycles. The lowest BCUT2D eigenvalue weighted by Gasteiger charge is -2.36. The maximum absolute atomic E-state index is 12.2. The molecule has 1 fully saturated rings. The van der Waals surface area contributed by atoms with E-state index in [1.54, 1.807) is 18.5 Å². The maximum Gasteiger partial charge on any atom is 0.321 e. The molecule has 5 nitrogen and oxygen atoms in total. The zero-order valence-corrected chi connectivity index (χ0v) is 11.7. The van der Waals surface area contributed by atoms with Crippen LogP contribution in [0.15, 0.2) is 48.8 Å². The lowest BCUT2D eigenvalue weighted by molar-refractivity contribution is 0.208. The van der Waals surface area contributed by atoms with E-state index in [2.05, 4.69) is 21.3 Å². The first kappa shape index (κ1) is 13.4. The fourth-order valence-corrected chi connectivity index (χ4v) is 2.40. The van der Waals surface area contributed by atoms with Crippen LogP contribution in [0.25, 0.3) is 0 Å². The number of pyridine rings is 1. The highest BCUT2D eigenvalue weighted by atomic mass is 16.2. The summed E-state index contributed by atoms with van der Waals surface area (Å²) in [4.78, 5) is 20.3. The highest BCUT2D eigenvalue weighted by molar-refractivity contribution is 5.89. The van der Waals surface area contributed by atoms with Crippen LogP contribution in [0.2, 0.25) is 0 Å². The first-order valence-electron chi connectivity index (χ1n) is 7.00. The third kappa shape index (κ3) is 3.31. The molecule has 1 saturated heterocycles. The molecule has 0 aliphatic carbocycles. The number of anilines is 2. The van der Waals surface area contributed by atoms with Crippen molar-refractivity contribution >= 4 is 17.4 Å². The minimum Gasteiger partial charge on any atom is -0.368 e. The maximum atomic E-state index is 12.2. The zero-order chi connectivity index (χ0) is 14.5. The summed E-state index contributed by atoms with van der Waals surface area (Å²) in [5.41, 5.74) is 1.93. The molecule has 0 atom stereocenters. The Balaban J connectivity index is 1.55. The average molecular weight is 281 g/mol. The predicted molar refractivity (Wildman–Crippen MR) is 82.3 cm³/mol. The van der Waals surface area contributed by atoms with Crippen molar-refractivity contribution in [2.75, 3.05) is 36.4 Å². The summed E-state index contributed by atoms with van der Waals surface area (Å²) in [5.74, 6) is 0. The number of amides is 2. The van der Waals surface area contributed by atoms with Gasteiger partial charge in [0.05, 0.1) is 0 Å². The van der Waals surface area contributed by atoms with Crippen molar-refractivity contribution in [3.63, 3.8) is 0 Å². The van der Waals surface area contributed by atoms with Crippen molar-refractivity contribution in [1.29, 1.82) is 0 Å². The van der Waals surface area contributed by atoms with E-state index in [-0.39, 0.29) is 6.03 Å². The fourth-order valence-electron chi connectivity index (χ4n) is 2.40. The first-order valence-corrected chi connectivity index (χ1v) is 7.00. The summed E-state index contributed by atoms with van der Waals surface area (Å²) in [7, 11) is 0. The number of nitrogens with one attached hydrogen (secondary N) is 1. The summed E-state index contributed by atoms with van der Waals surface area (Å²) in [6.45, 7) is 3.09. The molecule has 2 amide bonds. The van der Waals surface area contributed by atoms with E-state index < -0.39 is 0 Å². The minimum absolute atomic E-state index is 0.0519. The van der Waals surface area contributed by atoms with Gasteiger partial charge in [0, 0.05) is 49.9 Å². The Hall–Kier alpha value is -2.56. The summed E-state index contributed by atoms with van der Waals surface area (Å²) < 4.78 is 0. The molecule has 2 heterocycles. The van der Waals surface area contributed by atoms with Gasteiger partial charge in [-0.2, -0.15) is 0 Å². The Morgan fingerprint density at radius 3 is 2.57 bits per heavy atom. The molecule has 1 aliphatic heterocycles. The lowest BCUT2D eigenvalue weighted by Crippen LogP contribution is -2.50. The predicted octanol–water partition coefficient (Wildman–Crippen LogP) is 2.24. The van der Waals surface area contributed by atoms with Crippen LogP contribution >= 0.6 is 0 Å². The van der Waals surface area contributed by atoms with Crippen molar-refractivity contribution in [2.24, 2.45) is 0 Å². The van der Waals surface area contributed by atoms with Gasteiger partial charge in [0.15, 0.2) is 0 Å². The van der Waals surface area contributed by atoms with E-state index in [1.165, 1.54) is 0 Å². The number of carbonyl (C=O) groups excluding carboxylic acids is 1. The van der Waals surface area contributed by atoms with E-state index in [0.29, 0.717) is 13.1 Å². The lowest BCUT2D eigenvalue weighted by atomic mass is 10.2. The molecule has 2 aromatic rings. The Bertz CT molecular complexity index is 580. The van der Waals surface area contributed by atoms with Gasteiger partial charge in [-0.25, -0.2) is 4.79 Å². The van der Waals surface area contributed by atoms with Gasteiger partial charge < -0.3 is 15.1 Å². The van der Waals surface area contributed by atoms with E-state index >= 15 is 0 Å². The number of benzene rings is 1. The molecule has 107 valence electrons. The van der Waals surface area contributed by atoms with Crippen molar-refractivity contribution < 1.29 is 4.79 Å². The molecule has 1 aliphatic rings. The van der Waals surface area contributed by atoms with Crippen molar-refractivity contribution in [1.82, 2.24) is 9.88 Å². The SMILES string of the molecule is O=C(Nc1c[c]ccc1)N1CCN(c2ccncc2)CC1. The summed E-state index contributed by atoms with van der Waals surface area (Å²) in [6, 6.07) is 14.2. The zero-order valence-electron chi connectivity index (χ0n) is 11.7. The summed E-state index contributed by atoms with van der Waals surface area (Å²) in [5, 5.41) is 2.89. The van der Waals surface area contributed by atoms with E-state index in [4.69, 9.17) is 0 Å². The molecular formula is C16H17N4O. The number of hydrogen-bond donors (Lipinski definition) is 1. The third-order valence-corrected chi connectivity index (χ3v) is 3.55. The van der Waals surface area contributed by atoms with Gasteiger partial charge in [0.1, 0.15) is 0 Å². The second-order valence-corrected chi connectivity index (χ2v) is 4.90. The number of urea groups is 1. The molecule has 1 aromatic carbocycles. The quantitative estimate of drug-likeness (QED) is 0.918. The van der Waals surface area contributed by atoms with Gasteiger partial charge in [0.25, 0.3) is 0 Å². The third-order valence-electron chi connectivity index (χ3n) is 3.55. The number of nitrogens with zero attached hydrogens (tertiary/aromatic N) is 3. The topological polar surface area (TPSA) is 48.5 Å². The Labute approximate surface area is 124 Å². The smallest absolute Gasteiger partial charge is 0.321 e. The Kier molecular flexibility index (Phi) is 4.00.